The van der Waals surface area contributed by atoms with Crippen LogP contribution in [0.3, 0.4) is 0 Å². The van der Waals surface area contributed by atoms with Crippen molar-refractivity contribution >= 4 is 22.9 Å². The molecule has 1 aromatic heterocycles. The molecule has 1 heterocycles. The molecule has 0 spiro atoms. The van der Waals surface area contributed by atoms with Crippen molar-refractivity contribution in [3.05, 3.63) is 64.5 Å². The van der Waals surface area contributed by atoms with E-state index in [2.05, 4.69) is 0 Å². The van der Waals surface area contributed by atoms with Gasteiger partial charge in [-0.2, -0.15) is 0 Å². The van der Waals surface area contributed by atoms with Crippen molar-refractivity contribution in [1.82, 2.24) is 0 Å². The average Bonchev–Trinajstić information content (AvgIpc) is 3.60. The van der Waals surface area contributed by atoms with Gasteiger partial charge in [-0.3, -0.25) is 9.59 Å². The SMILES string of the molecule is CCCOC(=O)c1ccc(Oc2coc3cc(OC(=O)C4CC4)ccc3c2=O)cc1. The van der Waals surface area contributed by atoms with E-state index in [1.807, 2.05) is 6.92 Å². The van der Waals surface area contributed by atoms with Crippen LogP contribution in [0.15, 0.2) is 57.9 Å². The van der Waals surface area contributed by atoms with E-state index in [-0.39, 0.29) is 23.1 Å². The minimum Gasteiger partial charge on any atom is -0.462 e. The molecule has 7 nitrogen and oxygen atoms in total. The maximum Gasteiger partial charge on any atom is 0.338 e. The van der Waals surface area contributed by atoms with Crippen molar-refractivity contribution in [2.75, 3.05) is 6.61 Å². The maximum atomic E-state index is 12.7. The molecule has 0 saturated heterocycles. The van der Waals surface area contributed by atoms with Crippen LogP contribution in [-0.2, 0) is 9.53 Å². The van der Waals surface area contributed by atoms with Gasteiger partial charge in [-0.05, 0) is 55.7 Å². The number of hydrogen-bond donors (Lipinski definition) is 0. The van der Waals surface area contributed by atoms with E-state index in [4.69, 9.17) is 18.6 Å². The molecule has 0 bridgehead atoms. The van der Waals surface area contributed by atoms with Gasteiger partial charge < -0.3 is 18.6 Å². The van der Waals surface area contributed by atoms with E-state index in [1.54, 1.807) is 30.3 Å². The summed E-state index contributed by atoms with van der Waals surface area (Å²) in [5.41, 5.74) is 0.333. The van der Waals surface area contributed by atoms with Gasteiger partial charge in [0.05, 0.1) is 23.5 Å². The molecule has 1 aliphatic rings. The van der Waals surface area contributed by atoms with Crippen molar-refractivity contribution in [3.63, 3.8) is 0 Å². The second-order valence-corrected chi connectivity index (χ2v) is 7.04. The Balaban J connectivity index is 1.50. The summed E-state index contributed by atoms with van der Waals surface area (Å²) in [7, 11) is 0. The molecule has 154 valence electrons. The molecule has 0 radical (unpaired) electrons. The first kappa shape index (κ1) is 19.7. The summed E-state index contributed by atoms with van der Waals surface area (Å²) in [6.07, 6.45) is 3.65. The lowest BCUT2D eigenvalue weighted by atomic mass is 10.2. The van der Waals surface area contributed by atoms with E-state index in [9.17, 15) is 14.4 Å². The molecule has 30 heavy (non-hydrogen) atoms. The summed E-state index contributed by atoms with van der Waals surface area (Å²) >= 11 is 0. The first-order valence-electron chi connectivity index (χ1n) is 9.77. The normalized spacial score (nSPS) is 13.1. The smallest absolute Gasteiger partial charge is 0.338 e. The van der Waals surface area contributed by atoms with Gasteiger partial charge in [-0.15, -0.1) is 0 Å². The molecule has 1 aliphatic carbocycles. The fourth-order valence-electron chi connectivity index (χ4n) is 2.81. The Hall–Kier alpha value is -3.61. The number of rotatable bonds is 7. The quantitative estimate of drug-likeness (QED) is 0.421. The fourth-order valence-corrected chi connectivity index (χ4v) is 2.81. The Morgan fingerprint density at radius 1 is 1.07 bits per heavy atom. The Kier molecular flexibility index (Phi) is 5.52. The van der Waals surface area contributed by atoms with Gasteiger partial charge in [0.2, 0.25) is 11.2 Å². The number of ether oxygens (including phenoxy) is 3. The van der Waals surface area contributed by atoms with E-state index >= 15 is 0 Å². The number of carbonyl (C=O) groups excluding carboxylic acids is 2. The number of fused-ring (bicyclic) bond motifs is 1. The summed E-state index contributed by atoms with van der Waals surface area (Å²) in [4.78, 5) is 36.3. The summed E-state index contributed by atoms with van der Waals surface area (Å²) < 4.78 is 21.5. The Morgan fingerprint density at radius 2 is 1.80 bits per heavy atom. The van der Waals surface area contributed by atoms with E-state index in [1.165, 1.54) is 18.4 Å². The Morgan fingerprint density at radius 3 is 2.50 bits per heavy atom. The molecule has 0 atom stereocenters. The average molecular weight is 408 g/mol. The van der Waals surface area contributed by atoms with Gasteiger partial charge in [0.1, 0.15) is 23.3 Å². The lowest BCUT2D eigenvalue weighted by Crippen LogP contribution is -2.10. The van der Waals surface area contributed by atoms with Crippen LogP contribution in [0, 0.1) is 5.92 Å². The summed E-state index contributed by atoms with van der Waals surface area (Å²) in [6.45, 7) is 2.28. The van der Waals surface area contributed by atoms with Crippen molar-refractivity contribution in [2.24, 2.45) is 5.92 Å². The predicted molar refractivity (Wildman–Crippen MR) is 108 cm³/mol. The molecular formula is C23H20O7. The van der Waals surface area contributed by atoms with E-state index in [0.717, 1.165) is 19.3 Å². The molecule has 0 amide bonds. The van der Waals surface area contributed by atoms with E-state index < -0.39 is 5.97 Å². The minimum atomic E-state index is -0.410. The van der Waals surface area contributed by atoms with Gasteiger partial charge in [-0.1, -0.05) is 6.92 Å². The second kappa shape index (κ2) is 8.41. The Labute approximate surface area is 172 Å². The molecule has 2 aromatic carbocycles. The van der Waals surface area contributed by atoms with Crippen LogP contribution in [0.4, 0.5) is 0 Å². The molecule has 0 aliphatic heterocycles. The fraction of sp³-hybridized carbons (Fsp3) is 0.261. The summed E-state index contributed by atoms with van der Waals surface area (Å²) in [5.74, 6) is 0.0193. The van der Waals surface area contributed by atoms with Crippen LogP contribution in [0.2, 0.25) is 0 Å². The molecule has 0 N–H and O–H groups in total. The molecule has 7 heteroatoms. The number of benzene rings is 2. The van der Waals surface area contributed by atoms with Crippen molar-refractivity contribution < 1.29 is 28.2 Å². The Bertz CT molecular complexity index is 1140. The maximum absolute atomic E-state index is 12.7. The first-order valence-corrected chi connectivity index (χ1v) is 9.77. The van der Waals surface area contributed by atoms with Crippen LogP contribution in [0.5, 0.6) is 17.2 Å². The third-order valence-electron chi connectivity index (χ3n) is 4.60. The molecule has 1 fully saturated rings. The highest BCUT2D eigenvalue weighted by Crippen LogP contribution is 2.31. The highest BCUT2D eigenvalue weighted by Gasteiger charge is 2.31. The second-order valence-electron chi connectivity index (χ2n) is 7.04. The van der Waals surface area contributed by atoms with Crippen LogP contribution in [0.25, 0.3) is 11.0 Å². The minimum absolute atomic E-state index is 0.00605. The number of carbonyl (C=O) groups is 2. The molecule has 4 rings (SSSR count). The first-order chi connectivity index (χ1) is 14.5. The predicted octanol–water partition coefficient (Wildman–Crippen LogP) is 4.47. The summed E-state index contributed by atoms with van der Waals surface area (Å²) in [5, 5.41) is 0.304. The number of esters is 2. The van der Waals surface area contributed by atoms with Crippen LogP contribution >= 0.6 is 0 Å². The summed E-state index contributed by atoms with van der Waals surface area (Å²) in [6, 6.07) is 10.9. The highest BCUT2D eigenvalue weighted by molar-refractivity contribution is 5.89. The van der Waals surface area contributed by atoms with Crippen molar-refractivity contribution in [3.8, 4) is 17.2 Å². The van der Waals surface area contributed by atoms with Crippen LogP contribution < -0.4 is 14.9 Å². The van der Waals surface area contributed by atoms with Gasteiger partial charge in [0.25, 0.3) is 0 Å². The van der Waals surface area contributed by atoms with Crippen molar-refractivity contribution in [2.45, 2.75) is 26.2 Å². The lowest BCUT2D eigenvalue weighted by molar-refractivity contribution is -0.135. The molecule has 1 saturated carbocycles. The topological polar surface area (TPSA) is 92.0 Å². The largest absolute Gasteiger partial charge is 0.462 e. The lowest BCUT2D eigenvalue weighted by Gasteiger charge is -2.08. The van der Waals surface area contributed by atoms with Gasteiger partial charge >= 0.3 is 11.9 Å². The molecule has 3 aromatic rings. The zero-order valence-electron chi connectivity index (χ0n) is 16.4. The highest BCUT2D eigenvalue weighted by atomic mass is 16.5. The van der Waals surface area contributed by atoms with Gasteiger partial charge in [-0.25, -0.2) is 4.79 Å². The third-order valence-corrected chi connectivity index (χ3v) is 4.60. The van der Waals surface area contributed by atoms with Gasteiger partial charge in [0, 0.05) is 6.07 Å². The monoisotopic (exact) mass is 408 g/mol. The molecule has 0 unspecified atom stereocenters. The standard InChI is InChI=1S/C23H20O7/c1-2-11-27-22(25)14-5-7-16(8-6-14)29-20-13-28-19-12-17(9-10-18(19)21(20)24)30-23(26)15-3-4-15/h5-10,12-13,15H,2-4,11H2,1H3. The zero-order valence-corrected chi connectivity index (χ0v) is 16.4. The van der Waals surface area contributed by atoms with Crippen LogP contribution in [-0.4, -0.2) is 18.5 Å². The zero-order chi connectivity index (χ0) is 21.1. The van der Waals surface area contributed by atoms with Crippen LogP contribution in [0.1, 0.15) is 36.5 Å². The number of hydrogen-bond acceptors (Lipinski definition) is 7. The van der Waals surface area contributed by atoms with E-state index in [0.29, 0.717) is 34.6 Å². The van der Waals surface area contributed by atoms with Gasteiger partial charge in [0.15, 0.2) is 0 Å². The third kappa shape index (κ3) is 4.35. The molecular weight excluding hydrogens is 388 g/mol. The van der Waals surface area contributed by atoms with Crippen molar-refractivity contribution in [1.29, 1.82) is 0 Å².